The molecule has 166 valence electrons. The Kier molecular flexibility index (Phi) is 9.00. The molecule has 2 fully saturated rings. The van der Waals surface area contributed by atoms with Crippen LogP contribution in [-0.4, -0.2) is 60.4 Å². The van der Waals surface area contributed by atoms with Crippen molar-refractivity contribution >= 4 is 11.9 Å². The number of nitrogens with one attached hydrogen (secondary N) is 2. The predicted molar refractivity (Wildman–Crippen MR) is 123 cm³/mol. The van der Waals surface area contributed by atoms with Crippen LogP contribution in [0.25, 0.3) is 0 Å². The van der Waals surface area contributed by atoms with Gasteiger partial charge in [0, 0.05) is 45.2 Å². The van der Waals surface area contributed by atoms with Gasteiger partial charge >= 0.3 is 0 Å². The Balaban J connectivity index is 1.42. The third kappa shape index (κ3) is 7.01. The van der Waals surface area contributed by atoms with Crippen molar-refractivity contribution in [1.29, 1.82) is 0 Å². The molecule has 2 aliphatic heterocycles. The van der Waals surface area contributed by atoms with Crippen LogP contribution in [0, 0.1) is 0 Å². The number of hydrogen-bond donors (Lipinski definition) is 2. The zero-order valence-electron chi connectivity index (χ0n) is 18.8. The van der Waals surface area contributed by atoms with Crippen molar-refractivity contribution in [3.63, 3.8) is 0 Å². The lowest BCUT2D eigenvalue weighted by Gasteiger charge is -2.33. The van der Waals surface area contributed by atoms with E-state index < -0.39 is 0 Å². The Labute approximate surface area is 182 Å². The SMILES string of the molecule is CCNC(=NCc1ccc(CN2CCCC2=O)cc1)NCCCN1CCCCC1C. The summed E-state index contributed by atoms with van der Waals surface area (Å²) in [7, 11) is 0. The van der Waals surface area contributed by atoms with E-state index in [-0.39, 0.29) is 5.91 Å². The molecular formula is C24H39N5O. The first kappa shape index (κ1) is 22.6. The smallest absolute Gasteiger partial charge is 0.222 e. The highest BCUT2D eigenvalue weighted by atomic mass is 16.2. The molecule has 0 aliphatic carbocycles. The first-order chi connectivity index (χ1) is 14.7. The Morgan fingerprint density at radius 2 is 1.90 bits per heavy atom. The summed E-state index contributed by atoms with van der Waals surface area (Å²) in [4.78, 5) is 21.1. The van der Waals surface area contributed by atoms with Crippen LogP contribution in [0.5, 0.6) is 0 Å². The van der Waals surface area contributed by atoms with E-state index in [1.54, 1.807) is 0 Å². The lowest BCUT2D eigenvalue weighted by atomic mass is 10.0. The van der Waals surface area contributed by atoms with E-state index in [0.29, 0.717) is 13.0 Å². The molecule has 1 aromatic rings. The van der Waals surface area contributed by atoms with Crippen LogP contribution in [0.3, 0.4) is 0 Å². The largest absolute Gasteiger partial charge is 0.357 e. The summed E-state index contributed by atoms with van der Waals surface area (Å²) < 4.78 is 0. The summed E-state index contributed by atoms with van der Waals surface area (Å²) in [5.41, 5.74) is 2.38. The summed E-state index contributed by atoms with van der Waals surface area (Å²) in [6, 6.07) is 9.22. The Hall–Kier alpha value is -2.08. The summed E-state index contributed by atoms with van der Waals surface area (Å²) in [5, 5.41) is 6.82. The van der Waals surface area contributed by atoms with Crippen LogP contribution in [0.4, 0.5) is 0 Å². The summed E-state index contributed by atoms with van der Waals surface area (Å²) in [5.74, 6) is 1.16. The fourth-order valence-corrected chi connectivity index (χ4v) is 4.33. The van der Waals surface area contributed by atoms with Gasteiger partial charge in [0.15, 0.2) is 5.96 Å². The van der Waals surface area contributed by atoms with Crippen LogP contribution in [0.2, 0.25) is 0 Å². The van der Waals surface area contributed by atoms with Crippen LogP contribution in [-0.2, 0) is 17.9 Å². The van der Waals surface area contributed by atoms with Crippen molar-refractivity contribution in [3.05, 3.63) is 35.4 Å². The third-order valence-corrected chi connectivity index (χ3v) is 6.19. The number of piperidine rings is 1. The summed E-state index contributed by atoms with van der Waals surface area (Å²) >= 11 is 0. The minimum absolute atomic E-state index is 0.278. The van der Waals surface area contributed by atoms with Crippen molar-refractivity contribution in [2.75, 3.05) is 32.7 Å². The molecule has 6 nitrogen and oxygen atoms in total. The predicted octanol–water partition coefficient (Wildman–Crippen LogP) is 3.13. The number of nitrogens with zero attached hydrogens (tertiary/aromatic N) is 3. The lowest BCUT2D eigenvalue weighted by Crippen LogP contribution is -2.41. The van der Waals surface area contributed by atoms with Crippen molar-refractivity contribution in [2.45, 2.75) is 71.5 Å². The molecule has 2 heterocycles. The van der Waals surface area contributed by atoms with Crippen LogP contribution < -0.4 is 10.6 Å². The average molecular weight is 414 g/mol. The zero-order chi connectivity index (χ0) is 21.2. The van der Waals surface area contributed by atoms with E-state index in [4.69, 9.17) is 4.99 Å². The molecule has 3 rings (SSSR count). The second kappa shape index (κ2) is 11.9. The molecule has 0 saturated carbocycles. The maximum Gasteiger partial charge on any atom is 0.222 e. The average Bonchev–Trinajstić information content (AvgIpc) is 3.16. The van der Waals surface area contributed by atoms with Gasteiger partial charge in [-0.1, -0.05) is 30.7 Å². The van der Waals surface area contributed by atoms with Gasteiger partial charge in [0.25, 0.3) is 0 Å². The second-order valence-corrected chi connectivity index (χ2v) is 8.59. The molecule has 0 spiro atoms. The van der Waals surface area contributed by atoms with Crippen molar-refractivity contribution in [2.24, 2.45) is 4.99 Å². The molecule has 0 aromatic heterocycles. The van der Waals surface area contributed by atoms with Gasteiger partial charge in [-0.15, -0.1) is 0 Å². The number of carbonyl (C=O) groups is 1. The topological polar surface area (TPSA) is 60.0 Å². The molecule has 0 bridgehead atoms. The molecule has 1 aromatic carbocycles. The number of guanidine groups is 1. The van der Waals surface area contributed by atoms with E-state index in [0.717, 1.165) is 57.6 Å². The fourth-order valence-electron chi connectivity index (χ4n) is 4.33. The number of aliphatic imine (C=N–C) groups is 1. The molecule has 2 N–H and O–H groups in total. The van der Waals surface area contributed by atoms with Crippen molar-refractivity contribution in [3.8, 4) is 0 Å². The van der Waals surface area contributed by atoms with E-state index >= 15 is 0 Å². The van der Waals surface area contributed by atoms with Crippen LogP contribution >= 0.6 is 0 Å². The fraction of sp³-hybridized carbons (Fsp3) is 0.667. The third-order valence-electron chi connectivity index (χ3n) is 6.19. The highest BCUT2D eigenvalue weighted by Gasteiger charge is 2.20. The normalized spacial score (nSPS) is 20.6. The number of amides is 1. The number of rotatable bonds is 9. The van der Waals surface area contributed by atoms with Gasteiger partial charge in [-0.3, -0.25) is 4.79 Å². The van der Waals surface area contributed by atoms with E-state index in [9.17, 15) is 4.79 Å². The molecule has 2 aliphatic rings. The minimum Gasteiger partial charge on any atom is -0.357 e. The number of likely N-dealkylation sites (tertiary alicyclic amines) is 2. The van der Waals surface area contributed by atoms with E-state index in [1.165, 1.54) is 36.9 Å². The quantitative estimate of drug-likeness (QED) is 0.371. The van der Waals surface area contributed by atoms with Crippen molar-refractivity contribution < 1.29 is 4.79 Å². The van der Waals surface area contributed by atoms with Crippen LogP contribution in [0.15, 0.2) is 29.3 Å². The first-order valence-corrected chi connectivity index (χ1v) is 11.8. The Bertz CT molecular complexity index is 687. The standard InChI is InChI=1S/C24H39N5O/c1-3-25-24(26-14-7-17-28-15-5-4-8-20(28)2)27-18-21-10-12-22(13-11-21)19-29-16-6-9-23(29)30/h10-13,20H,3-9,14-19H2,1-2H3,(H2,25,26,27). The van der Waals surface area contributed by atoms with Gasteiger partial charge in [-0.05, 0) is 57.2 Å². The summed E-state index contributed by atoms with van der Waals surface area (Å²) in [6.45, 7) is 10.9. The Morgan fingerprint density at radius 3 is 2.60 bits per heavy atom. The minimum atomic E-state index is 0.278. The zero-order valence-corrected chi connectivity index (χ0v) is 18.8. The molecular weight excluding hydrogens is 374 g/mol. The van der Waals surface area contributed by atoms with Gasteiger partial charge in [0.2, 0.25) is 5.91 Å². The maximum atomic E-state index is 11.8. The molecule has 0 radical (unpaired) electrons. The number of carbonyl (C=O) groups excluding carboxylic acids is 1. The van der Waals surface area contributed by atoms with Crippen molar-refractivity contribution in [1.82, 2.24) is 20.4 Å². The highest BCUT2D eigenvalue weighted by Crippen LogP contribution is 2.16. The van der Waals surface area contributed by atoms with E-state index in [2.05, 4.69) is 53.6 Å². The monoisotopic (exact) mass is 413 g/mol. The highest BCUT2D eigenvalue weighted by molar-refractivity contribution is 5.79. The number of benzene rings is 1. The van der Waals surface area contributed by atoms with Gasteiger partial charge in [-0.2, -0.15) is 0 Å². The molecule has 2 saturated heterocycles. The molecule has 1 amide bonds. The first-order valence-electron chi connectivity index (χ1n) is 11.8. The van der Waals surface area contributed by atoms with Gasteiger partial charge in [0.05, 0.1) is 6.54 Å². The van der Waals surface area contributed by atoms with Gasteiger partial charge in [-0.25, -0.2) is 4.99 Å². The molecule has 30 heavy (non-hydrogen) atoms. The molecule has 6 heteroatoms. The second-order valence-electron chi connectivity index (χ2n) is 8.59. The Morgan fingerprint density at radius 1 is 1.10 bits per heavy atom. The maximum absolute atomic E-state index is 11.8. The molecule has 1 atom stereocenters. The molecule has 1 unspecified atom stereocenters. The van der Waals surface area contributed by atoms with Crippen LogP contribution in [0.1, 0.15) is 63.5 Å². The van der Waals surface area contributed by atoms with E-state index in [1.807, 2.05) is 4.90 Å². The lowest BCUT2D eigenvalue weighted by molar-refractivity contribution is -0.128. The number of hydrogen-bond acceptors (Lipinski definition) is 3. The summed E-state index contributed by atoms with van der Waals surface area (Å²) in [6.07, 6.45) is 6.88. The van der Waals surface area contributed by atoms with Gasteiger partial charge in [0.1, 0.15) is 0 Å². The van der Waals surface area contributed by atoms with Gasteiger partial charge < -0.3 is 20.4 Å².